The van der Waals surface area contributed by atoms with Crippen LogP contribution in [-0.2, 0) is 6.42 Å². The van der Waals surface area contributed by atoms with Crippen molar-refractivity contribution in [3.05, 3.63) is 59.4 Å². The van der Waals surface area contributed by atoms with Gasteiger partial charge in [-0.25, -0.2) is 0 Å². The van der Waals surface area contributed by atoms with Gasteiger partial charge in [-0.05, 0) is 37.1 Å². The van der Waals surface area contributed by atoms with E-state index in [4.69, 9.17) is 10.5 Å². The topological polar surface area (TPSA) is 48.1 Å². The van der Waals surface area contributed by atoms with E-state index in [1.165, 1.54) is 11.1 Å². The van der Waals surface area contributed by atoms with Crippen LogP contribution in [0.5, 0.6) is 5.75 Å². The average molecular weight is 256 g/mol. The Balaban J connectivity index is 2.01. The van der Waals surface area contributed by atoms with E-state index in [1.807, 2.05) is 31.3 Å². The van der Waals surface area contributed by atoms with E-state index in [2.05, 4.69) is 24.0 Å². The normalized spacial score (nSPS) is 12.2. The minimum atomic E-state index is -0.0195. The number of ether oxygens (including phenoxy) is 1. The van der Waals surface area contributed by atoms with Gasteiger partial charge in [0.2, 0.25) is 0 Å². The van der Waals surface area contributed by atoms with Crippen molar-refractivity contribution < 1.29 is 4.74 Å². The zero-order valence-electron chi connectivity index (χ0n) is 11.5. The van der Waals surface area contributed by atoms with Gasteiger partial charge < -0.3 is 10.5 Å². The fourth-order valence-electron chi connectivity index (χ4n) is 1.97. The molecular weight excluding hydrogens is 236 g/mol. The number of rotatable bonds is 5. The summed E-state index contributed by atoms with van der Waals surface area (Å²) >= 11 is 0. The highest BCUT2D eigenvalue weighted by Crippen LogP contribution is 2.25. The quantitative estimate of drug-likeness (QED) is 0.894. The maximum absolute atomic E-state index is 5.96. The molecule has 0 unspecified atom stereocenters. The third-order valence-corrected chi connectivity index (χ3v) is 3.03. The van der Waals surface area contributed by atoms with Crippen molar-refractivity contribution in [1.29, 1.82) is 0 Å². The van der Waals surface area contributed by atoms with Crippen LogP contribution in [0, 0.1) is 6.92 Å². The minimum absolute atomic E-state index is 0.0195. The highest BCUT2D eigenvalue weighted by molar-refractivity contribution is 5.38. The van der Waals surface area contributed by atoms with E-state index in [0.29, 0.717) is 6.61 Å². The van der Waals surface area contributed by atoms with E-state index >= 15 is 0 Å². The summed E-state index contributed by atoms with van der Waals surface area (Å²) < 4.78 is 5.88. The molecule has 3 nitrogen and oxygen atoms in total. The molecule has 3 heteroatoms. The molecule has 19 heavy (non-hydrogen) atoms. The Hall–Kier alpha value is -1.87. The Morgan fingerprint density at radius 2 is 2.16 bits per heavy atom. The number of hydrogen-bond acceptors (Lipinski definition) is 3. The third-order valence-electron chi connectivity index (χ3n) is 3.03. The molecule has 1 atom stereocenters. The van der Waals surface area contributed by atoms with Crippen LogP contribution < -0.4 is 10.5 Å². The van der Waals surface area contributed by atoms with Gasteiger partial charge in [0.1, 0.15) is 5.75 Å². The number of pyridine rings is 1. The Labute approximate surface area is 114 Å². The van der Waals surface area contributed by atoms with Crippen molar-refractivity contribution in [2.24, 2.45) is 5.73 Å². The van der Waals surface area contributed by atoms with Crippen LogP contribution in [0.25, 0.3) is 0 Å². The maximum atomic E-state index is 5.96. The Bertz CT molecular complexity index is 524. The molecule has 2 rings (SSSR count). The molecule has 0 radical (unpaired) electrons. The highest BCUT2D eigenvalue weighted by Gasteiger charge is 2.08. The van der Waals surface area contributed by atoms with Crippen molar-refractivity contribution >= 4 is 0 Å². The van der Waals surface area contributed by atoms with Gasteiger partial charge >= 0.3 is 0 Å². The Morgan fingerprint density at radius 1 is 1.32 bits per heavy atom. The maximum Gasteiger partial charge on any atom is 0.124 e. The van der Waals surface area contributed by atoms with Gasteiger partial charge in [-0.1, -0.05) is 18.2 Å². The molecule has 1 heterocycles. The summed E-state index contributed by atoms with van der Waals surface area (Å²) in [4.78, 5) is 4.09. The Kier molecular flexibility index (Phi) is 4.53. The van der Waals surface area contributed by atoms with Gasteiger partial charge in [-0.2, -0.15) is 0 Å². The van der Waals surface area contributed by atoms with Crippen LogP contribution in [0.1, 0.15) is 29.7 Å². The van der Waals surface area contributed by atoms with Crippen molar-refractivity contribution in [3.63, 3.8) is 0 Å². The van der Waals surface area contributed by atoms with E-state index < -0.39 is 0 Å². The van der Waals surface area contributed by atoms with E-state index in [1.54, 1.807) is 6.20 Å². The first-order chi connectivity index (χ1) is 9.16. The van der Waals surface area contributed by atoms with Gasteiger partial charge in [0.05, 0.1) is 6.61 Å². The molecule has 1 aromatic carbocycles. The second kappa shape index (κ2) is 6.34. The number of benzene rings is 1. The van der Waals surface area contributed by atoms with E-state index in [9.17, 15) is 0 Å². The lowest BCUT2D eigenvalue weighted by molar-refractivity contribution is 0.316. The molecule has 0 spiro atoms. The number of aryl methyl sites for hydroxylation is 1. The van der Waals surface area contributed by atoms with Crippen molar-refractivity contribution in [2.45, 2.75) is 26.3 Å². The summed E-state index contributed by atoms with van der Waals surface area (Å²) in [6, 6.07) is 10.1. The monoisotopic (exact) mass is 256 g/mol. The molecule has 0 amide bonds. The number of hydrogen-bond donors (Lipinski definition) is 1. The summed E-state index contributed by atoms with van der Waals surface area (Å²) in [5, 5.41) is 0. The number of nitrogens with zero attached hydrogens (tertiary/aromatic N) is 1. The first-order valence-corrected chi connectivity index (χ1v) is 6.54. The molecule has 0 saturated heterocycles. The molecule has 0 aliphatic carbocycles. The molecule has 2 N–H and O–H groups in total. The summed E-state index contributed by atoms with van der Waals surface area (Å²) in [6.07, 6.45) is 4.49. The molecule has 2 aromatic rings. The van der Waals surface area contributed by atoms with Crippen LogP contribution in [0.3, 0.4) is 0 Å². The summed E-state index contributed by atoms with van der Waals surface area (Å²) in [6.45, 7) is 4.66. The molecule has 100 valence electrons. The first kappa shape index (κ1) is 13.6. The summed E-state index contributed by atoms with van der Waals surface area (Å²) in [5.41, 5.74) is 9.37. The highest BCUT2D eigenvalue weighted by atomic mass is 16.5. The number of aromatic nitrogens is 1. The van der Waals surface area contributed by atoms with Gasteiger partial charge in [0, 0.05) is 30.4 Å². The first-order valence-electron chi connectivity index (χ1n) is 6.54. The second-order valence-corrected chi connectivity index (χ2v) is 4.79. The zero-order valence-corrected chi connectivity index (χ0v) is 11.5. The summed E-state index contributed by atoms with van der Waals surface area (Å²) in [7, 11) is 0. The predicted molar refractivity (Wildman–Crippen MR) is 77.2 cm³/mol. The third kappa shape index (κ3) is 3.80. The zero-order chi connectivity index (χ0) is 13.7. The van der Waals surface area contributed by atoms with Crippen LogP contribution >= 0.6 is 0 Å². The summed E-state index contributed by atoms with van der Waals surface area (Å²) in [5.74, 6) is 0.888. The van der Waals surface area contributed by atoms with Gasteiger partial charge in [-0.15, -0.1) is 0 Å². The van der Waals surface area contributed by atoms with Crippen LogP contribution in [0.2, 0.25) is 0 Å². The van der Waals surface area contributed by atoms with Crippen molar-refractivity contribution in [2.75, 3.05) is 6.61 Å². The second-order valence-electron chi connectivity index (χ2n) is 4.79. The van der Waals surface area contributed by atoms with Crippen molar-refractivity contribution in [1.82, 2.24) is 4.98 Å². The van der Waals surface area contributed by atoms with E-state index in [0.717, 1.165) is 17.7 Å². The minimum Gasteiger partial charge on any atom is -0.493 e. The van der Waals surface area contributed by atoms with Gasteiger partial charge in [0.15, 0.2) is 0 Å². The van der Waals surface area contributed by atoms with Crippen molar-refractivity contribution in [3.8, 4) is 5.75 Å². The molecule has 1 aromatic heterocycles. The molecule has 0 aliphatic heterocycles. The van der Waals surface area contributed by atoms with Gasteiger partial charge in [0.25, 0.3) is 0 Å². The smallest absolute Gasteiger partial charge is 0.124 e. The predicted octanol–water partition coefficient (Wildman–Crippen LogP) is 3.03. The van der Waals surface area contributed by atoms with Crippen LogP contribution in [0.15, 0.2) is 42.7 Å². The lowest BCUT2D eigenvalue weighted by Crippen LogP contribution is -2.10. The molecule has 0 saturated carbocycles. The molecular formula is C16H20N2O. The standard InChI is InChI=1S/C16H20N2O/c1-12-5-6-15(13(2)17)16(10-12)19-9-7-14-4-3-8-18-11-14/h3-6,8,10-11,13H,7,9,17H2,1-2H3/t13-/m1/s1. The molecule has 0 fully saturated rings. The molecule has 0 aliphatic rings. The average Bonchev–Trinajstić information content (AvgIpc) is 2.39. The van der Waals surface area contributed by atoms with Gasteiger partial charge in [-0.3, -0.25) is 4.98 Å². The van der Waals surface area contributed by atoms with Crippen LogP contribution in [-0.4, -0.2) is 11.6 Å². The Morgan fingerprint density at radius 3 is 2.84 bits per heavy atom. The number of nitrogens with two attached hydrogens (primary N) is 1. The lowest BCUT2D eigenvalue weighted by atomic mass is 10.1. The molecule has 0 bridgehead atoms. The largest absolute Gasteiger partial charge is 0.493 e. The fourth-order valence-corrected chi connectivity index (χ4v) is 1.97. The SMILES string of the molecule is Cc1ccc([C@@H](C)N)c(OCCc2cccnc2)c1. The lowest BCUT2D eigenvalue weighted by Gasteiger charge is -2.14. The van der Waals surface area contributed by atoms with Crippen LogP contribution in [0.4, 0.5) is 0 Å². The van der Waals surface area contributed by atoms with E-state index in [-0.39, 0.29) is 6.04 Å². The fraction of sp³-hybridized carbons (Fsp3) is 0.312.